The van der Waals surface area contributed by atoms with Crippen molar-refractivity contribution in [1.29, 1.82) is 0 Å². The molecule has 26 heavy (non-hydrogen) atoms. The van der Waals surface area contributed by atoms with Gasteiger partial charge < -0.3 is 9.30 Å². The number of benzene rings is 1. The summed E-state index contributed by atoms with van der Waals surface area (Å²) in [6.45, 7) is 1.80. The average Bonchev–Trinajstić information content (AvgIpc) is 2.96. The molecule has 0 aliphatic carbocycles. The Hall–Kier alpha value is -3.42. The predicted octanol–water partition coefficient (Wildman–Crippen LogP) is 1.30. The van der Waals surface area contributed by atoms with Crippen molar-refractivity contribution in [1.82, 2.24) is 14.8 Å². The van der Waals surface area contributed by atoms with Crippen LogP contribution in [0, 0.1) is 0 Å². The van der Waals surface area contributed by atoms with Crippen molar-refractivity contribution in [3.63, 3.8) is 0 Å². The number of hydrogen-bond acceptors (Lipinski definition) is 5. The van der Waals surface area contributed by atoms with Crippen molar-refractivity contribution >= 4 is 40.8 Å². The quantitative estimate of drug-likeness (QED) is 0.506. The zero-order chi connectivity index (χ0) is 18.8. The Morgan fingerprint density at radius 2 is 1.96 bits per heavy atom. The molecule has 0 atom stereocenters. The number of nitrogens with zero attached hydrogens (tertiary/aromatic N) is 2. The fourth-order valence-corrected chi connectivity index (χ4v) is 2.86. The third-order valence-corrected chi connectivity index (χ3v) is 4.15. The van der Waals surface area contributed by atoms with Crippen molar-refractivity contribution in [2.24, 2.45) is 0 Å². The smallest absolute Gasteiger partial charge is 0.331 e. The number of fused-ring (bicyclic) bond motifs is 1. The van der Waals surface area contributed by atoms with Crippen LogP contribution < -0.4 is 5.32 Å². The molecule has 1 aromatic heterocycles. The van der Waals surface area contributed by atoms with Crippen LogP contribution in [-0.4, -0.2) is 46.9 Å². The minimum atomic E-state index is -0.741. The number of para-hydroxylation sites is 1. The highest BCUT2D eigenvalue weighted by molar-refractivity contribution is 6.31. The maximum absolute atomic E-state index is 12.4. The van der Waals surface area contributed by atoms with Crippen LogP contribution in [0.5, 0.6) is 0 Å². The molecule has 1 N–H and O–H groups in total. The molecular formula is C18H17N3O5. The first-order chi connectivity index (χ1) is 12.5. The van der Waals surface area contributed by atoms with E-state index in [1.807, 2.05) is 24.3 Å². The zero-order valence-corrected chi connectivity index (χ0v) is 14.3. The summed E-state index contributed by atoms with van der Waals surface area (Å²) in [4.78, 5) is 48.9. The molecule has 0 saturated carbocycles. The second-order valence-corrected chi connectivity index (χ2v) is 5.67. The van der Waals surface area contributed by atoms with E-state index in [9.17, 15) is 19.2 Å². The number of carbonyl (C=O) groups is 4. The van der Waals surface area contributed by atoms with E-state index in [1.54, 1.807) is 17.7 Å². The maximum Gasteiger partial charge on any atom is 0.331 e. The van der Waals surface area contributed by atoms with E-state index in [0.717, 1.165) is 15.8 Å². The molecule has 1 aliphatic heterocycles. The Balaban J connectivity index is 2.09. The second-order valence-electron chi connectivity index (χ2n) is 5.67. The van der Waals surface area contributed by atoms with Crippen LogP contribution in [0.1, 0.15) is 12.5 Å². The highest BCUT2D eigenvalue weighted by Gasteiger charge is 2.34. The SMILES string of the molecule is CCN1C(=O)NC(=O)C(=Cc2cn(CC(=O)OC)c3ccccc23)C1=O. The number of esters is 1. The molecule has 3 rings (SSSR count). The summed E-state index contributed by atoms with van der Waals surface area (Å²) in [6.07, 6.45) is 3.10. The molecule has 8 nitrogen and oxygen atoms in total. The van der Waals surface area contributed by atoms with Gasteiger partial charge in [-0.1, -0.05) is 18.2 Å². The molecule has 134 valence electrons. The van der Waals surface area contributed by atoms with Crippen molar-refractivity contribution in [2.45, 2.75) is 13.5 Å². The molecule has 0 bridgehead atoms. The standard InChI is InChI=1S/C18H17N3O5/c1-3-21-17(24)13(16(23)19-18(21)25)8-11-9-20(10-15(22)26-2)14-7-5-4-6-12(11)14/h4-9H,3,10H2,1-2H3,(H,19,23,25). The van der Waals surface area contributed by atoms with Gasteiger partial charge in [0.1, 0.15) is 12.1 Å². The number of nitrogens with one attached hydrogen (secondary N) is 1. The number of likely N-dealkylation sites (N-methyl/N-ethyl adjacent to an activating group) is 1. The summed E-state index contributed by atoms with van der Waals surface area (Å²) in [6, 6.07) is 6.56. The predicted molar refractivity (Wildman–Crippen MR) is 92.9 cm³/mol. The lowest BCUT2D eigenvalue weighted by atomic mass is 10.1. The third kappa shape index (κ3) is 2.97. The molecule has 1 fully saturated rings. The van der Waals surface area contributed by atoms with Crippen LogP contribution in [0.4, 0.5) is 4.79 Å². The molecule has 1 saturated heterocycles. The van der Waals surface area contributed by atoms with Crippen LogP contribution in [0.15, 0.2) is 36.0 Å². The Labute approximate surface area is 149 Å². The van der Waals surface area contributed by atoms with Gasteiger partial charge in [0.05, 0.1) is 7.11 Å². The molecule has 0 spiro atoms. The first kappa shape index (κ1) is 17.4. The summed E-state index contributed by atoms with van der Waals surface area (Å²) in [5.74, 6) is -1.81. The van der Waals surface area contributed by atoms with Gasteiger partial charge in [0.15, 0.2) is 0 Å². The summed E-state index contributed by atoms with van der Waals surface area (Å²) < 4.78 is 6.38. The van der Waals surface area contributed by atoms with Crippen LogP contribution in [0.3, 0.4) is 0 Å². The van der Waals surface area contributed by atoms with E-state index in [1.165, 1.54) is 13.2 Å². The van der Waals surface area contributed by atoms with Crippen molar-refractivity contribution in [2.75, 3.05) is 13.7 Å². The number of amides is 4. The number of aromatic nitrogens is 1. The molecule has 0 unspecified atom stereocenters. The largest absolute Gasteiger partial charge is 0.468 e. The number of hydrogen-bond donors (Lipinski definition) is 1. The van der Waals surface area contributed by atoms with Gasteiger partial charge in [0.25, 0.3) is 11.8 Å². The van der Waals surface area contributed by atoms with E-state index < -0.39 is 23.8 Å². The molecule has 0 radical (unpaired) electrons. The van der Waals surface area contributed by atoms with Gasteiger partial charge in [-0.3, -0.25) is 24.6 Å². The van der Waals surface area contributed by atoms with Crippen molar-refractivity contribution in [3.8, 4) is 0 Å². The number of methoxy groups -OCH3 is 1. The van der Waals surface area contributed by atoms with Crippen molar-refractivity contribution < 1.29 is 23.9 Å². The topological polar surface area (TPSA) is 97.7 Å². The number of urea groups is 1. The lowest BCUT2D eigenvalue weighted by Crippen LogP contribution is -2.53. The Bertz CT molecular complexity index is 957. The number of ether oxygens (including phenoxy) is 1. The van der Waals surface area contributed by atoms with Crippen LogP contribution in [0.25, 0.3) is 17.0 Å². The molecule has 1 aromatic carbocycles. The fraction of sp³-hybridized carbons (Fsp3) is 0.222. The summed E-state index contributed by atoms with van der Waals surface area (Å²) >= 11 is 0. The van der Waals surface area contributed by atoms with Gasteiger partial charge in [0, 0.05) is 29.2 Å². The number of rotatable bonds is 4. The summed E-state index contributed by atoms with van der Waals surface area (Å²) in [5, 5.41) is 2.92. The average molecular weight is 355 g/mol. The fourth-order valence-electron chi connectivity index (χ4n) is 2.86. The highest BCUT2D eigenvalue weighted by Crippen LogP contribution is 2.25. The van der Waals surface area contributed by atoms with E-state index >= 15 is 0 Å². The first-order valence-corrected chi connectivity index (χ1v) is 7.99. The molecule has 2 heterocycles. The van der Waals surface area contributed by atoms with E-state index in [4.69, 9.17) is 4.74 Å². The monoisotopic (exact) mass is 355 g/mol. The van der Waals surface area contributed by atoms with Crippen molar-refractivity contribution in [3.05, 3.63) is 41.6 Å². The zero-order valence-electron chi connectivity index (χ0n) is 14.3. The van der Waals surface area contributed by atoms with Crippen LogP contribution >= 0.6 is 0 Å². The molecule has 4 amide bonds. The van der Waals surface area contributed by atoms with E-state index in [0.29, 0.717) is 5.56 Å². The van der Waals surface area contributed by atoms with Crippen LogP contribution in [-0.2, 0) is 25.7 Å². The first-order valence-electron chi connectivity index (χ1n) is 7.99. The molecular weight excluding hydrogens is 338 g/mol. The lowest BCUT2D eigenvalue weighted by molar-refractivity contribution is -0.141. The Morgan fingerprint density at radius 1 is 1.23 bits per heavy atom. The van der Waals surface area contributed by atoms with Crippen LogP contribution in [0.2, 0.25) is 0 Å². The van der Waals surface area contributed by atoms with Gasteiger partial charge in [-0.25, -0.2) is 4.79 Å². The van der Waals surface area contributed by atoms with Gasteiger partial charge >= 0.3 is 12.0 Å². The minimum absolute atomic E-state index is 0.0000988. The van der Waals surface area contributed by atoms with Gasteiger partial charge in [-0.15, -0.1) is 0 Å². The third-order valence-electron chi connectivity index (χ3n) is 4.15. The van der Waals surface area contributed by atoms with E-state index in [-0.39, 0.29) is 18.7 Å². The number of carbonyl (C=O) groups excluding carboxylic acids is 4. The lowest BCUT2D eigenvalue weighted by Gasteiger charge is -2.24. The maximum atomic E-state index is 12.4. The molecule has 2 aromatic rings. The highest BCUT2D eigenvalue weighted by atomic mass is 16.5. The summed E-state index contributed by atoms with van der Waals surface area (Å²) in [5.41, 5.74) is 1.22. The second kappa shape index (κ2) is 6.83. The molecule has 1 aliphatic rings. The Kier molecular flexibility index (Phi) is 4.57. The number of imide groups is 2. The van der Waals surface area contributed by atoms with Gasteiger partial charge in [0.2, 0.25) is 0 Å². The van der Waals surface area contributed by atoms with Gasteiger partial charge in [-0.05, 0) is 19.1 Å². The Morgan fingerprint density at radius 3 is 2.65 bits per heavy atom. The number of barbiturate groups is 1. The normalized spacial score (nSPS) is 16.3. The minimum Gasteiger partial charge on any atom is -0.468 e. The summed E-state index contributed by atoms with van der Waals surface area (Å²) in [7, 11) is 1.30. The van der Waals surface area contributed by atoms with E-state index in [2.05, 4.69) is 5.32 Å². The van der Waals surface area contributed by atoms with Gasteiger partial charge in [-0.2, -0.15) is 0 Å². The molecule has 8 heteroatoms.